The van der Waals surface area contributed by atoms with E-state index in [1.807, 2.05) is 19.9 Å². The molecule has 3 nitrogen and oxygen atoms in total. The van der Waals surface area contributed by atoms with Gasteiger partial charge in [-0.2, -0.15) is 0 Å². The molecule has 1 aromatic carbocycles. The molecule has 0 radical (unpaired) electrons. The highest BCUT2D eigenvalue weighted by Crippen LogP contribution is 2.31. The molecule has 0 aliphatic heterocycles. The minimum Gasteiger partial charge on any atom is -0.395 e. The van der Waals surface area contributed by atoms with Crippen molar-refractivity contribution in [2.24, 2.45) is 0 Å². The molecular formula is C17H29FN2O. The Kier molecular flexibility index (Phi) is 7.68. The third kappa shape index (κ3) is 4.42. The average molecular weight is 296 g/mol. The zero-order valence-corrected chi connectivity index (χ0v) is 13.7. The van der Waals surface area contributed by atoms with Crippen molar-refractivity contribution in [2.45, 2.75) is 52.6 Å². The number of nitrogens with zero attached hydrogens (tertiary/aromatic N) is 1. The van der Waals surface area contributed by atoms with Crippen LogP contribution in [0.2, 0.25) is 0 Å². The van der Waals surface area contributed by atoms with Gasteiger partial charge in [0.15, 0.2) is 0 Å². The first-order chi connectivity index (χ1) is 10.1. The van der Waals surface area contributed by atoms with Crippen LogP contribution in [0.15, 0.2) is 18.2 Å². The maximum Gasteiger partial charge on any atom is 0.130 e. The van der Waals surface area contributed by atoms with Gasteiger partial charge in [-0.05, 0) is 38.4 Å². The van der Waals surface area contributed by atoms with E-state index in [0.29, 0.717) is 18.2 Å². The van der Waals surface area contributed by atoms with Crippen LogP contribution in [0, 0.1) is 5.82 Å². The van der Waals surface area contributed by atoms with E-state index in [1.54, 1.807) is 6.07 Å². The standard InChI is InChI=1S/C17H29FN2O/c1-5-14(6-2)20(11-12-21)16-10-8-9-15(18)17(16)13(4)19-7-3/h8-10,13-14,19,21H,5-7,11-12H2,1-4H3. The summed E-state index contributed by atoms with van der Waals surface area (Å²) in [5, 5.41) is 12.7. The second-order valence-electron chi connectivity index (χ2n) is 5.34. The van der Waals surface area contributed by atoms with E-state index in [1.165, 1.54) is 6.07 Å². The predicted octanol–water partition coefficient (Wildman–Crippen LogP) is 3.48. The van der Waals surface area contributed by atoms with Crippen molar-refractivity contribution in [3.05, 3.63) is 29.6 Å². The first-order valence-corrected chi connectivity index (χ1v) is 7.99. The number of anilines is 1. The lowest BCUT2D eigenvalue weighted by Crippen LogP contribution is -2.38. The summed E-state index contributed by atoms with van der Waals surface area (Å²) in [6.07, 6.45) is 1.95. The molecular weight excluding hydrogens is 267 g/mol. The number of aliphatic hydroxyl groups excluding tert-OH is 1. The molecule has 0 aromatic heterocycles. The Morgan fingerprint density at radius 1 is 1.24 bits per heavy atom. The van der Waals surface area contributed by atoms with E-state index in [9.17, 15) is 9.50 Å². The highest BCUT2D eigenvalue weighted by molar-refractivity contribution is 5.56. The lowest BCUT2D eigenvalue weighted by atomic mass is 10.0. The Bertz CT molecular complexity index is 421. The molecule has 0 aliphatic rings. The van der Waals surface area contributed by atoms with Crippen LogP contribution < -0.4 is 10.2 Å². The van der Waals surface area contributed by atoms with Crippen molar-refractivity contribution in [3.8, 4) is 0 Å². The number of hydrogen-bond donors (Lipinski definition) is 2. The number of rotatable bonds is 9. The first-order valence-electron chi connectivity index (χ1n) is 7.99. The first kappa shape index (κ1) is 17.9. The quantitative estimate of drug-likeness (QED) is 0.732. The molecule has 0 spiro atoms. The minimum atomic E-state index is -0.185. The number of nitrogens with one attached hydrogen (secondary N) is 1. The van der Waals surface area contributed by atoms with Gasteiger partial charge in [0.25, 0.3) is 0 Å². The molecule has 0 saturated heterocycles. The van der Waals surface area contributed by atoms with Crippen molar-refractivity contribution in [1.29, 1.82) is 0 Å². The summed E-state index contributed by atoms with van der Waals surface area (Å²) in [6, 6.07) is 5.48. The maximum absolute atomic E-state index is 14.4. The summed E-state index contributed by atoms with van der Waals surface area (Å²) in [7, 11) is 0. The van der Waals surface area contributed by atoms with Gasteiger partial charge < -0.3 is 15.3 Å². The highest BCUT2D eigenvalue weighted by atomic mass is 19.1. The SMILES string of the molecule is CCNC(C)c1c(F)cccc1N(CCO)C(CC)CC. The Morgan fingerprint density at radius 2 is 1.90 bits per heavy atom. The summed E-state index contributed by atoms with van der Waals surface area (Å²) < 4.78 is 14.4. The van der Waals surface area contributed by atoms with Gasteiger partial charge in [0, 0.05) is 29.9 Å². The summed E-state index contributed by atoms with van der Waals surface area (Å²) in [5.41, 5.74) is 1.59. The van der Waals surface area contributed by atoms with Crippen LogP contribution in [0.3, 0.4) is 0 Å². The van der Waals surface area contributed by atoms with Crippen LogP contribution in [0.25, 0.3) is 0 Å². The molecule has 1 unspecified atom stereocenters. The van der Waals surface area contributed by atoms with Crippen LogP contribution in [0.5, 0.6) is 0 Å². The number of aliphatic hydroxyl groups is 1. The zero-order chi connectivity index (χ0) is 15.8. The average Bonchev–Trinajstić information content (AvgIpc) is 2.47. The highest BCUT2D eigenvalue weighted by Gasteiger charge is 2.22. The molecule has 1 atom stereocenters. The minimum absolute atomic E-state index is 0.0539. The molecule has 0 aliphatic carbocycles. The van der Waals surface area contributed by atoms with Gasteiger partial charge in [-0.1, -0.05) is 26.8 Å². The summed E-state index contributed by atoms with van der Waals surface area (Å²) >= 11 is 0. The van der Waals surface area contributed by atoms with Gasteiger partial charge in [0.2, 0.25) is 0 Å². The van der Waals surface area contributed by atoms with E-state index in [4.69, 9.17) is 0 Å². The van der Waals surface area contributed by atoms with Gasteiger partial charge in [0.1, 0.15) is 5.82 Å². The molecule has 0 heterocycles. The second-order valence-corrected chi connectivity index (χ2v) is 5.34. The third-order valence-corrected chi connectivity index (χ3v) is 4.01. The summed E-state index contributed by atoms with van der Waals surface area (Å²) in [4.78, 5) is 2.15. The molecule has 1 aromatic rings. The Morgan fingerprint density at radius 3 is 2.43 bits per heavy atom. The Labute approximate surface area is 128 Å². The number of hydrogen-bond acceptors (Lipinski definition) is 3. The maximum atomic E-state index is 14.4. The third-order valence-electron chi connectivity index (χ3n) is 4.01. The van der Waals surface area contributed by atoms with Crippen molar-refractivity contribution < 1.29 is 9.50 Å². The van der Waals surface area contributed by atoms with Gasteiger partial charge in [0.05, 0.1) is 6.61 Å². The van der Waals surface area contributed by atoms with Crippen molar-refractivity contribution in [2.75, 3.05) is 24.6 Å². The van der Waals surface area contributed by atoms with Crippen molar-refractivity contribution in [3.63, 3.8) is 0 Å². The smallest absolute Gasteiger partial charge is 0.130 e. The Hall–Kier alpha value is -1.13. The van der Waals surface area contributed by atoms with E-state index in [0.717, 1.165) is 25.1 Å². The van der Waals surface area contributed by atoms with Crippen LogP contribution in [0.4, 0.5) is 10.1 Å². The monoisotopic (exact) mass is 296 g/mol. The van der Waals surface area contributed by atoms with Gasteiger partial charge >= 0.3 is 0 Å². The fourth-order valence-corrected chi connectivity index (χ4v) is 2.95. The molecule has 0 bridgehead atoms. The molecule has 0 saturated carbocycles. The van der Waals surface area contributed by atoms with Crippen LogP contribution in [0.1, 0.15) is 52.1 Å². The largest absolute Gasteiger partial charge is 0.395 e. The van der Waals surface area contributed by atoms with Crippen molar-refractivity contribution in [1.82, 2.24) is 5.32 Å². The number of benzene rings is 1. The fraction of sp³-hybridized carbons (Fsp3) is 0.647. The molecule has 120 valence electrons. The molecule has 2 N–H and O–H groups in total. The van der Waals surface area contributed by atoms with Crippen LogP contribution in [-0.4, -0.2) is 30.8 Å². The molecule has 0 amide bonds. The normalized spacial score (nSPS) is 12.7. The zero-order valence-electron chi connectivity index (χ0n) is 13.7. The molecule has 0 fully saturated rings. The summed E-state index contributed by atoms with van der Waals surface area (Å²) in [6.45, 7) is 9.65. The fourth-order valence-electron chi connectivity index (χ4n) is 2.95. The molecule has 4 heteroatoms. The van der Waals surface area contributed by atoms with E-state index < -0.39 is 0 Å². The van der Waals surface area contributed by atoms with Crippen LogP contribution in [-0.2, 0) is 0 Å². The lowest BCUT2D eigenvalue weighted by molar-refractivity contribution is 0.295. The lowest BCUT2D eigenvalue weighted by Gasteiger charge is -2.35. The van der Waals surface area contributed by atoms with E-state index in [2.05, 4.69) is 24.1 Å². The molecule has 1 rings (SSSR count). The Balaban J connectivity index is 3.26. The predicted molar refractivity (Wildman–Crippen MR) is 87.3 cm³/mol. The molecule has 21 heavy (non-hydrogen) atoms. The summed E-state index contributed by atoms with van der Waals surface area (Å²) in [5.74, 6) is -0.185. The van der Waals surface area contributed by atoms with Gasteiger partial charge in [-0.3, -0.25) is 0 Å². The van der Waals surface area contributed by atoms with E-state index in [-0.39, 0.29) is 18.5 Å². The van der Waals surface area contributed by atoms with Gasteiger partial charge in [-0.25, -0.2) is 4.39 Å². The van der Waals surface area contributed by atoms with E-state index >= 15 is 0 Å². The van der Waals surface area contributed by atoms with Crippen LogP contribution >= 0.6 is 0 Å². The van der Waals surface area contributed by atoms with Gasteiger partial charge in [-0.15, -0.1) is 0 Å². The second kappa shape index (κ2) is 9.00. The number of halogens is 1. The topological polar surface area (TPSA) is 35.5 Å². The van der Waals surface area contributed by atoms with Crippen molar-refractivity contribution >= 4 is 5.69 Å².